The Morgan fingerprint density at radius 2 is 1.95 bits per heavy atom. The smallest absolute Gasteiger partial charge is 0.273 e. The molecule has 22 heavy (non-hydrogen) atoms. The Morgan fingerprint density at radius 3 is 2.50 bits per heavy atom. The van der Waals surface area contributed by atoms with E-state index in [0.717, 1.165) is 0 Å². The molecule has 0 spiro atoms. The van der Waals surface area contributed by atoms with E-state index in [2.05, 4.69) is 9.82 Å². The van der Waals surface area contributed by atoms with E-state index in [1.165, 1.54) is 18.2 Å². The van der Waals surface area contributed by atoms with Crippen LogP contribution in [-0.4, -0.2) is 23.1 Å². The Balaban J connectivity index is 2.31. The summed E-state index contributed by atoms with van der Waals surface area (Å²) >= 11 is 0. The highest BCUT2D eigenvalue weighted by Gasteiger charge is 2.22. The molecule has 0 aliphatic rings. The van der Waals surface area contributed by atoms with Crippen LogP contribution in [0.3, 0.4) is 0 Å². The van der Waals surface area contributed by atoms with Crippen LogP contribution >= 0.6 is 0 Å². The fraction of sp³-hybridized carbons (Fsp3) is 0.308. The molecule has 1 aromatic heterocycles. The number of rotatable bonds is 5. The summed E-state index contributed by atoms with van der Waals surface area (Å²) in [6.07, 6.45) is 0. The fourth-order valence-electron chi connectivity index (χ4n) is 2.13. The number of hydrogen-bond donors (Lipinski definition) is 1. The molecule has 0 fully saturated rings. The van der Waals surface area contributed by atoms with Gasteiger partial charge in [0.25, 0.3) is 5.69 Å². The molecule has 0 aliphatic carbocycles. The third-order valence-electron chi connectivity index (χ3n) is 3.30. The minimum Gasteiger partial charge on any atom is -0.280 e. The van der Waals surface area contributed by atoms with Crippen molar-refractivity contribution in [2.24, 2.45) is 7.05 Å². The van der Waals surface area contributed by atoms with Gasteiger partial charge in [0.05, 0.1) is 22.0 Å². The van der Waals surface area contributed by atoms with Gasteiger partial charge in [0.15, 0.2) is 0 Å². The molecule has 0 atom stereocenters. The van der Waals surface area contributed by atoms with Crippen molar-refractivity contribution in [2.75, 3.05) is 4.72 Å². The summed E-state index contributed by atoms with van der Waals surface area (Å²) in [4.78, 5) is 10.4. The van der Waals surface area contributed by atoms with Crippen LogP contribution in [0.15, 0.2) is 24.3 Å². The van der Waals surface area contributed by atoms with E-state index in [0.29, 0.717) is 17.1 Å². The van der Waals surface area contributed by atoms with Crippen molar-refractivity contribution in [3.63, 3.8) is 0 Å². The highest BCUT2D eigenvalue weighted by atomic mass is 32.2. The molecule has 0 bridgehead atoms. The van der Waals surface area contributed by atoms with Crippen molar-refractivity contribution >= 4 is 21.4 Å². The third-order valence-corrected chi connectivity index (χ3v) is 4.51. The van der Waals surface area contributed by atoms with Crippen molar-refractivity contribution < 1.29 is 13.3 Å². The average molecular weight is 324 g/mol. The first kappa shape index (κ1) is 16.0. The highest BCUT2D eigenvalue weighted by Crippen LogP contribution is 2.24. The highest BCUT2D eigenvalue weighted by molar-refractivity contribution is 7.91. The van der Waals surface area contributed by atoms with E-state index in [-0.39, 0.29) is 11.3 Å². The molecule has 0 saturated carbocycles. The molecular formula is C13H16N4O4S. The Morgan fingerprint density at radius 1 is 1.32 bits per heavy atom. The monoisotopic (exact) mass is 324 g/mol. The maximum absolute atomic E-state index is 12.3. The van der Waals surface area contributed by atoms with E-state index >= 15 is 0 Å². The van der Waals surface area contributed by atoms with Crippen molar-refractivity contribution in [3.8, 4) is 0 Å². The van der Waals surface area contributed by atoms with Crippen LogP contribution in [0.4, 0.5) is 11.4 Å². The lowest BCUT2D eigenvalue weighted by Gasteiger charge is -2.09. The molecule has 0 radical (unpaired) electrons. The van der Waals surface area contributed by atoms with Gasteiger partial charge in [-0.15, -0.1) is 0 Å². The first-order valence-corrected chi connectivity index (χ1v) is 8.09. The largest absolute Gasteiger partial charge is 0.280 e. The second kappa shape index (κ2) is 5.76. The van der Waals surface area contributed by atoms with Crippen LogP contribution in [0.2, 0.25) is 0 Å². The molecule has 0 amide bonds. The topological polar surface area (TPSA) is 107 Å². The minimum atomic E-state index is -3.78. The summed E-state index contributed by atoms with van der Waals surface area (Å²) < 4.78 is 28.6. The lowest BCUT2D eigenvalue weighted by molar-refractivity contribution is -0.385. The third kappa shape index (κ3) is 3.25. The van der Waals surface area contributed by atoms with Crippen molar-refractivity contribution in [3.05, 3.63) is 51.3 Å². The Kier molecular flexibility index (Phi) is 4.18. The zero-order valence-corrected chi connectivity index (χ0v) is 13.2. The summed E-state index contributed by atoms with van der Waals surface area (Å²) in [6.45, 7) is 3.43. The van der Waals surface area contributed by atoms with Crippen LogP contribution in [0.1, 0.15) is 17.0 Å². The normalized spacial score (nSPS) is 11.4. The molecule has 118 valence electrons. The molecule has 0 unspecified atom stereocenters. The number of para-hydroxylation sites is 1. The zero-order chi connectivity index (χ0) is 16.5. The fourth-order valence-corrected chi connectivity index (χ4v) is 3.46. The van der Waals surface area contributed by atoms with Gasteiger partial charge < -0.3 is 0 Å². The van der Waals surface area contributed by atoms with Gasteiger partial charge in [-0.25, -0.2) is 8.42 Å². The second-order valence-corrected chi connectivity index (χ2v) is 6.64. The van der Waals surface area contributed by atoms with Gasteiger partial charge in [0.1, 0.15) is 5.75 Å². The van der Waals surface area contributed by atoms with Gasteiger partial charge in [-0.2, -0.15) is 5.10 Å². The van der Waals surface area contributed by atoms with E-state index < -0.39 is 20.7 Å². The molecule has 2 aromatic rings. The van der Waals surface area contributed by atoms with Gasteiger partial charge >= 0.3 is 0 Å². The van der Waals surface area contributed by atoms with Crippen LogP contribution in [0.5, 0.6) is 0 Å². The molecule has 1 N–H and O–H groups in total. The maximum Gasteiger partial charge on any atom is 0.273 e. The number of anilines is 1. The second-order valence-electron chi connectivity index (χ2n) is 4.92. The molecule has 8 nitrogen and oxygen atoms in total. The number of aromatic nitrogens is 2. The number of hydrogen-bond acceptors (Lipinski definition) is 5. The Bertz CT molecular complexity index is 827. The zero-order valence-electron chi connectivity index (χ0n) is 12.4. The van der Waals surface area contributed by atoms with Crippen molar-refractivity contribution in [1.82, 2.24) is 9.78 Å². The lowest BCUT2D eigenvalue weighted by Crippen LogP contribution is -2.16. The van der Waals surface area contributed by atoms with Crippen LogP contribution in [0.25, 0.3) is 0 Å². The number of nitrogens with one attached hydrogen (secondary N) is 1. The standard InChI is InChI=1S/C13H16N4O4S/c1-9-13(10(2)16(3)14-9)15-22(20,21)8-11-6-4-5-7-12(11)17(18)19/h4-7,15H,8H2,1-3H3. The number of nitrogens with zero attached hydrogens (tertiary/aromatic N) is 3. The predicted molar refractivity (Wildman–Crippen MR) is 82.0 cm³/mol. The van der Waals surface area contributed by atoms with Gasteiger partial charge in [0, 0.05) is 18.7 Å². The Labute approximate surface area is 128 Å². The van der Waals surface area contributed by atoms with Gasteiger partial charge in [0.2, 0.25) is 10.0 Å². The number of nitro benzene ring substituents is 1. The molecule has 0 saturated heterocycles. The quantitative estimate of drug-likeness (QED) is 0.667. The van der Waals surface area contributed by atoms with Crippen molar-refractivity contribution in [2.45, 2.75) is 19.6 Å². The van der Waals surface area contributed by atoms with E-state index in [1.54, 1.807) is 31.6 Å². The summed E-state index contributed by atoms with van der Waals surface area (Å²) in [7, 11) is -2.07. The number of sulfonamides is 1. The first-order valence-electron chi connectivity index (χ1n) is 6.44. The molecular weight excluding hydrogens is 308 g/mol. The summed E-state index contributed by atoms with van der Waals surface area (Å²) in [6, 6.07) is 5.78. The predicted octanol–water partition coefficient (Wildman–Crippen LogP) is 1.89. The molecule has 0 aliphatic heterocycles. The van der Waals surface area contributed by atoms with E-state index in [4.69, 9.17) is 0 Å². The number of benzene rings is 1. The lowest BCUT2D eigenvalue weighted by atomic mass is 10.2. The van der Waals surface area contributed by atoms with E-state index in [1.807, 2.05) is 0 Å². The molecule has 1 heterocycles. The van der Waals surface area contributed by atoms with E-state index in [9.17, 15) is 18.5 Å². The summed E-state index contributed by atoms with van der Waals surface area (Å²) in [5.74, 6) is -0.474. The number of aryl methyl sites for hydroxylation is 2. The van der Waals surface area contributed by atoms with Gasteiger partial charge in [-0.3, -0.25) is 19.5 Å². The SMILES string of the molecule is Cc1nn(C)c(C)c1NS(=O)(=O)Cc1ccccc1[N+](=O)[O-]. The molecule has 1 aromatic carbocycles. The van der Waals surface area contributed by atoms with Gasteiger partial charge in [-0.1, -0.05) is 18.2 Å². The van der Waals surface area contributed by atoms with Gasteiger partial charge in [-0.05, 0) is 13.8 Å². The minimum absolute atomic E-state index is 0.138. The van der Waals surface area contributed by atoms with Crippen LogP contribution in [-0.2, 0) is 22.8 Å². The Hall–Kier alpha value is -2.42. The maximum atomic E-state index is 12.3. The molecule has 9 heteroatoms. The summed E-state index contributed by atoms with van der Waals surface area (Å²) in [5.41, 5.74) is 1.54. The van der Waals surface area contributed by atoms with Crippen LogP contribution in [0, 0.1) is 24.0 Å². The summed E-state index contributed by atoms with van der Waals surface area (Å²) in [5, 5.41) is 15.1. The average Bonchev–Trinajstić information content (AvgIpc) is 2.65. The molecule has 2 rings (SSSR count). The number of nitro groups is 1. The first-order chi connectivity index (χ1) is 10.2. The van der Waals surface area contributed by atoms with Crippen molar-refractivity contribution in [1.29, 1.82) is 0 Å². The van der Waals surface area contributed by atoms with Crippen LogP contribution < -0.4 is 4.72 Å².